The molecular weight excluding hydrogens is 254 g/mol. The Bertz CT molecular complexity index is 337. The van der Waals surface area contributed by atoms with Gasteiger partial charge in [0.05, 0.1) is 6.54 Å². The number of carbonyl (C=O) groups is 2. The average Bonchev–Trinajstić information content (AvgIpc) is 2.57. The Morgan fingerprint density at radius 1 is 1.40 bits per heavy atom. The van der Waals surface area contributed by atoms with E-state index in [2.05, 4.69) is 26.1 Å². The molecule has 0 radical (unpaired) electrons. The minimum Gasteiger partial charge on any atom is -0.354 e. The molecule has 1 aliphatic rings. The number of hydrogen-bond donors (Lipinski definition) is 2. The molecular formula is C15H29N3O2. The number of hydrogen-bond acceptors (Lipinski definition) is 3. The highest BCUT2D eigenvalue weighted by atomic mass is 16.2. The Balaban J connectivity index is 2.49. The number of nitrogens with one attached hydrogen (secondary N) is 1. The summed E-state index contributed by atoms with van der Waals surface area (Å²) in [6, 6.07) is 0. The van der Waals surface area contributed by atoms with Crippen molar-refractivity contribution in [1.29, 1.82) is 0 Å². The minimum atomic E-state index is -0.0508. The third-order valence-corrected chi connectivity index (χ3v) is 4.06. The van der Waals surface area contributed by atoms with Crippen LogP contribution in [0, 0.1) is 11.3 Å². The smallest absolute Gasteiger partial charge is 0.239 e. The number of carbonyl (C=O) groups excluding carboxylic acids is 2. The van der Waals surface area contributed by atoms with Crippen LogP contribution in [0.15, 0.2) is 0 Å². The highest BCUT2D eigenvalue weighted by molar-refractivity contribution is 5.85. The summed E-state index contributed by atoms with van der Waals surface area (Å²) < 4.78 is 0. The van der Waals surface area contributed by atoms with Gasteiger partial charge in [0.1, 0.15) is 0 Å². The highest BCUT2D eigenvalue weighted by Gasteiger charge is 2.26. The molecule has 0 aromatic heterocycles. The number of amides is 2. The van der Waals surface area contributed by atoms with Gasteiger partial charge in [0.2, 0.25) is 11.8 Å². The van der Waals surface area contributed by atoms with E-state index in [1.165, 1.54) is 0 Å². The van der Waals surface area contributed by atoms with Crippen molar-refractivity contribution in [1.82, 2.24) is 10.2 Å². The summed E-state index contributed by atoms with van der Waals surface area (Å²) >= 11 is 0. The van der Waals surface area contributed by atoms with Crippen LogP contribution in [0.3, 0.4) is 0 Å². The van der Waals surface area contributed by atoms with Crippen LogP contribution in [0.2, 0.25) is 0 Å². The Kier molecular flexibility index (Phi) is 6.46. The van der Waals surface area contributed by atoms with Gasteiger partial charge in [0.15, 0.2) is 0 Å². The first-order chi connectivity index (χ1) is 9.34. The second-order valence-electron chi connectivity index (χ2n) is 6.70. The fraction of sp³-hybridized carbons (Fsp3) is 0.867. The van der Waals surface area contributed by atoms with E-state index in [0.717, 1.165) is 19.3 Å². The molecule has 5 nitrogen and oxygen atoms in total. The quantitative estimate of drug-likeness (QED) is 0.794. The van der Waals surface area contributed by atoms with Gasteiger partial charge < -0.3 is 16.0 Å². The van der Waals surface area contributed by atoms with Crippen LogP contribution >= 0.6 is 0 Å². The van der Waals surface area contributed by atoms with Crippen molar-refractivity contribution in [2.45, 2.75) is 46.5 Å². The maximum Gasteiger partial charge on any atom is 0.239 e. The lowest BCUT2D eigenvalue weighted by atomic mass is 9.76. The van der Waals surface area contributed by atoms with Crippen molar-refractivity contribution in [2.75, 3.05) is 26.2 Å². The Labute approximate surface area is 122 Å². The molecule has 1 aliphatic heterocycles. The summed E-state index contributed by atoms with van der Waals surface area (Å²) in [5.41, 5.74) is 5.83. The predicted octanol–water partition coefficient (Wildman–Crippen LogP) is 1.13. The van der Waals surface area contributed by atoms with E-state index in [9.17, 15) is 9.59 Å². The summed E-state index contributed by atoms with van der Waals surface area (Å²) in [5.74, 6) is 0.482. The highest BCUT2D eigenvalue weighted by Crippen LogP contribution is 2.32. The molecule has 3 N–H and O–H groups in total. The van der Waals surface area contributed by atoms with Gasteiger partial charge in [-0.2, -0.15) is 0 Å². The molecule has 0 spiro atoms. The maximum atomic E-state index is 12.2. The predicted molar refractivity (Wildman–Crippen MR) is 80.1 cm³/mol. The van der Waals surface area contributed by atoms with Gasteiger partial charge in [-0.15, -0.1) is 0 Å². The van der Waals surface area contributed by atoms with Crippen molar-refractivity contribution in [2.24, 2.45) is 17.1 Å². The molecule has 0 saturated carbocycles. The van der Waals surface area contributed by atoms with Crippen molar-refractivity contribution >= 4 is 11.8 Å². The summed E-state index contributed by atoms with van der Waals surface area (Å²) in [4.78, 5) is 25.4. The fourth-order valence-corrected chi connectivity index (χ4v) is 2.69. The monoisotopic (exact) mass is 283 g/mol. The lowest BCUT2D eigenvalue weighted by Gasteiger charge is -2.31. The van der Waals surface area contributed by atoms with Crippen LogP contribution in [0.4, 0.5) is 0 Å². The molecule has 20 heavy (non-hydrogen) atoms. The van der Waals surface area contributed by atoms with Gasteiger partial charge in [-0.3, -0.25) is 9.59 Å². The third-order valence-electron chi connectivity index (χ3n) is 4.06. The first-order valence-corrected chi connectivity index (χ1v) is 7.59. The Morgan fingerprint density at radius 3 is 2.70 bits per heavy atom. The summed E-state index contributed by atoms with van der Waals surface area (Å²) in [7, 11) is 0. The molecule has 0 aliphatic carbocycles. The molecule has 1 saturated heterocycles. The molecule has 1 atom stereocenters. The van der Waals surface area contributed by atoms with Crippen LogP contribution in [0.1, 0.15) is 46.5 Å². The number of rotatable bonds is 5. The fourth-order valence-electron chi connectivity index (χ4n) is 2.69. The topological polar surface area (TPSA) is 75.4 Å². The third kappa shape index (κ3) is 5.49. The summed E-state index contributed by atoms with van der Waals surface area (Å²) in [6.45, 7) is 8.78. The maximum absolute atomic E-state index is 12.2. The van der Waals surface area contributed by atoms with Crippen molar-refractivity contribution in [3.63, 3.8) is 0 Å². The zero-order valence-corrected chi connectivity index (χ0v) is 13.1. The second-order valence-corrected chi connectivity index (χ2v) is 6.70. The normalized spacial score (nSPS) is 18.4. The van der Waals surface area contributed by atoms with Crippen molar-refractivity contribution in [3.8, 4) is 0 Å². The van der Waals surface area contributed by atoms with E-state index in [1.807, 2.05) is 0 Å². The molecule has 1 unspecified atom stereocenters. The molecule has 1 fully saturated rings. The van der Waals surface area contributed by atoms with Crippen LogP contribution < -0.4 is 11.1 Å². The van der Waals surface area contributed by atoms with Crippen LogP contribution in [-0.4, -0.2) is 42.9 Å². The van der Waals surface area contributed by atoms with E-state index in [1.54, 1.807) is 4.90 Å². The molecule has 116 valence electrons. The lowest BCUT2D eigenvalue weighted by Crippen LogP contribution is -2.37. The first-order valence-electron chi connectivity index (χ1n) is 7.59. The molecule has 0 aromatic carbocycles. The SMILES string of the molecule is CC(C)(C)C(CCN)CCC(=O)N1CCCNC(=O)C1. The van der Waals surface area contributed by atoms with E-state index in [0.29, 0.717) is 32.0 Å². The van der Waals surface area contributed by atoms with Gasteiger partial charge in [-0.25, -0.2) is 0 Å². The number of nitrogens with two attached hydrogens (primary N) is 1. The standard InChI is InChI=1S/C15H29N3O2/c1-15(2,3)12(7-8-16)5-6-14(20)18-10-4-9-17-13(19)11-18/h12H,4-11,16H2,1-3H3,(H,17,19). The minimum absolute atomic E-state index is 0.0508. The van der Waals surface area contributed by atoms with Gasteiger partial charge in [0, 0.05) is 19.5 Å². The molecule has 2 amide bonds. The van der Waals surface area contributed by atoms with E-state index in [4.69, 9.17) is 5.73 Å². The zero-order valence-electron chi connectivity index (χ0n) is 13.1. The molecule has 1 rings (SSSR count). The van der Waals surface area contributed by atoms with Crippen LogP contribution in [0.5, 0.6) is 0 Å². The summed E-state index contributed by atoms with van der Waals surface area (Å²) in [6.07, 6.45) is 3.13. The first kappa shape index (κ1) is 17.0. The van der Waals surface area contributed by atoms with Crippen LogP contribution in [-0.2, 0) is 9.59 Å². The Morgan fingerprint density at radius 2 is 2.10 bits per heavy atom. The van der Waals surface area contributed by atoms with Crippen molar-refractivity contribution < 1.29 is 9.59 Å². The number of nitrogens with zero attached hydrogens (tertiary/aromatic N) is 1. The van der Waals surface area contributed by atoms with Gasteiger partial charge in [-0.05, 0) is 37.1 Å². The summed E-state index contributed by atoms with van der Waals surface area (Å²) in [5, 5.41) is 2.79. The van der Waals surface area contributed by atoms with E-state index < -0.39 is 0 Å². The van der Waals surface area contributed by atoms with Gasteiger partial charge in [0.25, 0.3) is 0 Å². The van der Waals surface area contributed by atoms with E-state index >= 15 is 0 Å². The molecule has 5 heteroatoms. The van der Waals surface area contributed by atoms with Gasteiger partial charge in [-0.1, -0.05) is 20.8 Å². The largest absolute Gasteiger partial charge is 0.354 e. The van der Waals surface area contributed by atoms with Crippen molar-refractivity contribution in [3.05, 3.63) is 0 Å². The lowest BCUT2D eigenvalue weighted by molar-refractivity contribution is -0.135. The molecule has 1 heterocycles. The molecule has 0 aromatic rings. The second kappa shape index (κ2) is 7.62. The zero-order chi connectivity index (χ0) is 15.2. The average molecular weight is 283 g/mol. The van der Waals surface area contributed by atoms with E-state index in [-0.39, 0.29) is 23.8 Å². The Hall–Kier alpha value is -1.10. The van der Waals surface area contributed by atoms with Gasteiger partial charge >= 0.3 is 0 Å². The molecule has 0 bridgehead atoms. The van der Waals surface area contributed by atoms with Crippen LogP contribution in [0.25, 0.3) is 0 Å².